The van der Waals surface area contributed by atoms with Crippen molar-refractivity contribution in [2.45, 2.75) is 6.42 Å². The molecular formula is C17H17F2NO3. The van der Waals surface area contributed by atoms with Gasteiger partial charge in [-0.3, -0.25) is 4.79 Å². The molecule has 4 nitrogen and oxygen atoms in total. The van der Waals surface area contributed by atoms with Gasteiger partial charge in [0, 0.05) is 12.6 Å². The number of ether oxygens (including phenoxy) is 2. The molecule has 122 valence electrons. The van der Waals surface area contributed by atoms with E-state index in [2.05, 4.69) is 5.32 Å². The van der Waals surface area contributed by atoms with Crippen molar-refractivity contribution in [2.75, 3.05) is 20.8 Å². The lowest BCUT2D eigenvalue weighted by Crippen LogP contribution is -2.26. The van der Waals surface area contributed by atoms with Crippen LogP contribution in [-0.4, -0.2) is 26.7 Å². The van der Waals surface area contributed by atoms with E-state index in [1.807, 2.05) is 0 Å². The molecule has 2 aromatic rings. The van der Waals surface area contributed by atoms with Crippen LogP contribution in [0.2, 0.25) is 0 Å². The Morgan fingerprint density at radius 3 is 2.30 bits per heavy atom. The molecule has 23 heavy (non-hydrogen) atoms. The maximum absolute atomic E-state index is 13.5. The highest BCUT2D eigenvalue weighted by atomic mass is 19.1. The van der Waals surface area contributed by atoms with Crippen molar-refractivity contribution >= 4 is 5.91 Å². The number of nitrogens with one attached hydrogen (secondary N) is 1. The predicted molar refractivity (Wildman–Crippen MR) is 81.9 cm³/mol. The molecule has 0 bridgehead atoms. The Labute approximate surface area is 133 Å². The molecule has 0 atom stereocenters. The van der Waals surface area contributed by atoms with Crippen LogP contribution < -0.4 is 14.8 Å². The average molecular weight is 321 g/mol. The number of halogens is 2. The molecule has 2 rings (SSSR count). The summed E-state index contributed by atoms with van der Waals surface area (Å²) in [6.07, 6.45) is 0.245. The van der Waals surface area contributed by atoms with E-state index in [-0.39, 0.29) is 24.4 Å². The third-order valence-electron chi connectivity index (χ3n) is 3.35. The smallest absolute Gasteiger partial charge is 0.258 e. The first-order valence-corrected chi connectivity index (χ1v) is 7.00. The molecule has 1 amide bonds. The predicted octanol–water partition coefficient (Wildman–Crippen LogP) is 2.95. The Bertz CT molecular complexity index is 682. The van der Waals surface area contributed by atoms with E-state index in [1.54, 1.807) is 18.2 Å². The molecule has 1 N–H and O–H groups in total. The van der Waals surface area contributed by atoms with Crippen LogP contribution in [0, 0.1) is 11.6 Å². The van der Waals surface area contributed by atoms with Crippen LogP contribution in [0.5, 0.6) is 11.5 Å². The molecule has 0 saturated carbocycles. The van der Waals surface area contributed by atoms with Crippen LogP contribution in [0.1, 0.15) is 15.9 Å². The lowest BCUT2D eigenvalue weighted by molar-refractivity contribution is 0.0947. The molecule has 0 heterocycles. The van der Waals surface area contributed by atoms with Crippen molar-refractivity contribution < 1.29 is 23.0 Å². The Kier molecular flexibility index (Phi) is 5.51. The number of amides is 1. The van der Waals surface area contributed by atoms with Crippen molar-refractivity contribution in [3.8, 4) is 11.5 Å². The highest BCUT2D eigenvalue weighted by Crippen LogP contribution is 2.27. The van der Waals surface area contributed by atoms with Gasteiger partial charge in [0.05, 0.1) is 14.2 Å². The van der Waals surface area contributed by atoms with Crippen molar-refractivity contribution in [2.24, 2.45) is 0 Å². The van der Waals surface area contributed by atoms with E-state index >= 15 is 0 Å². The molecule has 0 saturated heterocycles. The molecule has 2 aromatic carbocycles. The summed E-state index contributed by atoms with van der Waals surface area (Å²) >= 11 is 0. The van der Waals surface area contributed by atoms with Gasteiger partial charge in [-0.2, -0.15) is 0 Å². The number of methoxy groups -OCH3 is 2. The molecule has 0 aliphatic rings. The lowest BCUT2D eigenvalue weighted by atomic mass is 10.1. The largest absolute Gasteiger partial charge is 0.496 e. The van der Waals surface area contributed by atoms with E-state index < -0.39 is 11.6 Å². The molecule has 0 aliphatic carbocycles. The molecule has 0 aromatic heterocycles. The monoisotopic (exact) mass is 321 g/mol. The zero-order valence-electron chi connectivity index (χ0n) is 12.9. The standard InChI is InChI=1S/C17H17F2NO3/c1-22-14-4-3-5-15(23-2)16(14)17(21)20-9-8-11-6-7-12(18)10-13(11)19/h3-7,10H,8-9H2,1-2H3,(H,20,21). The molecule has 0 radical (unpaired) electrons. The Morgan fingerprint density at radius 2 is 1.74 bits per heavy atom. The van der Waals surface area contributed by atoms with Gasteiger partial charge < -0.3 is 14.8 Å². The minimum Gasteiger partial charge on any atom is -0.496 e. The third-order valence-corrected chi connectivity index (χ3v) is 3.35. The Morgan fingerprint density at radius 1 is 1.09 bits per heavy atom. The summed E-state index contributed by atoms with van der Waals surface area (Å²) in [5, 5.41) is 2.68. The fourth-order valence-electron chi connectivity index (χ4n) is 2.20. The summed E-state index contributed by atoms with van der Waals surface area (Å²) in [5.74, 6) is -0.880. The van der Waals surface area contributed by atoms with E-state index in [4.69, 9.17) is 9.47 Å². The van der Waals surface area contributed by atoms with Gasteiger partial charge in [0.1, 0.15) is 28.7 Å². The minimum absolute atomic E-state index is 0.197. The third kappa shape index (κ3) is 3.97. The van der Waals surface area contributed by atoms with Gasteiger partial charge in [0.25, 0.3) is 5.91 Å². The maximum atomic E-state index is 13.5. The van der Waals surface area contributed by atoms with Crippen LogP contribution >= 0.6 is 0 Å². The summed E-state index contributed by atoms with van der Waals surface area (Å²) in [6, 6.07) is 8.38. The normalized spacial score (nSPS) is 10.3. The van der Waals surface area contributed by atoms with E-state index in [0.29, 0.717) is 17.1 Å². The SMILES string of the molecule is COc1cccc(OC)c1C(=O)NCCc1ccc(F)cc1F. The Balaban J connectivity index is 2.05. The number of carbonyl (C=O) groups excluding carboxylic acids is 1. The second-order valence-corrected chi connectivity index (χ2v) is 4.78. The number of benzene rings is 2. The summed E-state index contributed by atoms with van der Waals surface area (Å²) in [7, 11) is 2.92. The summed E-state index contributed by atoms with van der Waals surface area (Å²) in [5.41, 5.74) is 0.607. The van der Waals surface area contributed by atoms with Gasteiger partial charge in [-0.25, -0.2) is 8.78 Å². The topological polar surface area (TPSA) is 47.6 Å². The van der Waals surface area contributed by atoms with Gasteiger partial charge >= 0.3 is 0 Å². The van der Waals surface area contributed by atoms with Crippen LogP contribution in [-0.2, 0) is 6.42 Å². The number of hydrogen-bond donors (Lipinski definition) is 1. The van der Waals surface area contributed by atoms with E-state index in [9.17, 15) is 13.6 Å². The van der Waals surface area contributed by atoms with Gasteiger partial charge in [-0.15, -0.1) is 0 Å². The van der Waals surface area contributed by atoms with Gasteiger partial charge in [-0.1, -0.05) is 12.1 Å². The Hall–Kier alpha value is -2.63. The van der Waals surface area contributed by atoms with Gasteiger partial charge in [0.15, 0.2) is 0 Å². The van der Waals surface area contributed by atoms with Crippen molar-refractivity contribution in [1.82, 2.24) is 5.32 Å². The molecule has 0 fully saturated rings. The molecule has 0 aliphatic heterocycles. The number of rotatable bonds is 6. The van der Waals surface area contributed by atoms with Crippen LogP contribution in [0.4, 0.5) is 8.78 Å². The lowest BCUT2D eigenvalue weighted by Gasteiger charge is -2.13. The molecular weight excluding hydrogens is 304 g/mol. The summed E-state index contributed by atoms with van der Waals surface area (Å²) in [4.78, 5) is 12.3. The van der Waals surface area contributed by atoms with Crippen molar-refractivity contribution in [3.63, 3.8) is 0 Å². The van der Waals surface area contributed by atoms with Crippen LogP contribution in [0.25, 0.3) is 0 Å². The summed E-state index contributed by atoms with van der Waals surface area (Å²) < 4.78 is 36.7. The highest BCUT2D eigenvalue weighted by molar-refractivity contribution is 5.99. The highest BCUT2D eigenvalue weighted by Gasteiger charge is 2.17. The fraction of sp³-hybridized carbons (Fsp3) is 0.235. The average Bonchev–Trinajstić information content (AvgIpc) is 2.55. The number of carbonyl (C=O) groups is 1. The first-order valence-electron chi connectivity index (χ1n) is 7.00. The second-order valence-electron chi connectivity index (χ2n) is 4.78. The van der Waals surface area contributed by atoms with E-state index in [1.165, 1.54) is 26.4 Å². The zero-order chi connectivity index (χ0) is 16.8. The first-order chi connectivity index (χ1) is 11.1. The van der Waals surface area contributed by atoms with Gasteiger partial charge in [-0.05, 0) is 30.2 Å². The first kappa shape index (κ1) is 16.7. The minimum atomic E-state index is -0.631. The van der Waals surface area contributed by atoms with Crippen LogP contribution in [0.3, 0.4) is 0 Å². The van der Waals surface area contributed by atoms with Crippen molar-refractivity contribution in [1.29, 1.82) is 0 Å². The van der Waals surface area contributed by atoms with Crippen LogP contribution in [0.15, 0.2) is 36.4 Å². The summed E-state index contributed by atoms with van der Waals surface area (Å²) in [6.45, 7) is 0.197. The number of hydrogen-bond acceptors (Lipinski definition) is 3. The quantitative estimate of drug-likeness (QED) is 0.890. The maximum Gasteiger partial charge on any atom is 0.258 e. The molecule has 6 heteroatoms. The molecule has 0 spiro atoms. The molecule has 0 unspecified atom stereocenters. The zero-order valence-corrected chi connectivity index (χ0v) is 12.9. The van der Waals surface area contributed by atoms with Crippen molar-refractivity contribution in [3.05, 3.63) is 59.2 Å². The van der Waals surface area contributed by atoms with Gasteiger partial charge in [0.2, 0.25) is 0 Å². The van der Waals surface area contributed by atoms with E-state index in [0.717, 1.165) is 6.07 Å². The second kappa shape index (κ2) is 7.58. The fourth-order valence-corrected chi connectivity index (χ4v) is 2.20.